The van der Waals surface area contributed by atoms with Gasteiger partial charge in [0, 0.05) is 6.08 Å². The van der Waals surface area contributed by atoms with E-state index >= 15 is 0 Å². The summed E-state index contributed by atoms with van der Waals surface area (Å²) >= 11 is 1.09. The zero-order valence-electron chi connectivity index (χ0n) is 12.5. The number of amides is 1. The van der Waals surface area contributed by atoms with Gasteiger partial charge in [0.05, 0.1) is 18.6 Å². The Kier molecular flexibility index (Phi) is 5.17. The number of thioether (sulfide) groups is 1. The van der Waals surface area contributed by atoms with Gasteiger partial charge in [0.15, 0.2) is 5.03 Å². The molecule has 7 nitrogen and oxygen atoms in total. The number of benzene rings is 1. The summed E-state index contributed by atoms with van der Waals surface area (Å²) in [7, 11) is 1.14. The third-order valence-electron chi connectivity index (χ3n) is 3.20. The number of methoxy groups -OCH3 is 1. The first kappa shape index (κ1) is 16.8. The largest absolute Gasteiger partial charge is 0.466 e. The Hall–Kier alpha value is -2.61. The van der Waals surface area contributed by atoms with Gasteiger partial charge in [-0.05, 0) is 11.8 Å². The second-order valence-electron chi connectivity index (χ2n) is 4.57. The molecule has 8 heteroatoms. The Morgan fingerprint density at radius 2 is 2.04 bits per heavy atom. The van der Waals surface area contributed by atoms with Crippen molar-refractivity contribution in [2.45, 2.75) is 6.54 Å². The number of hydrogen-bond donors (Lipinski definition) is 0. The van der Waals surface area contributed by atoms with E-state index < -0.39 is 16.8 Å². The highest BCUT2D eigenvalue weighted by atomic mass is 32.2. The molecule has 0 saturated heterocycles. The molecule has 120 valence electrons. The van der Waals surface area contributed by atoms with Gasteiger partial charge in [0.25, 0.3) is 5.91 Å². The molecule has 1 aromatic rings. The van der Waals surface area contributed by atoms with E-state index in [1.165, 1.54) is 4.90 Å². The lowest BCUT2D eigenvalue weighted by atomic mass is 10.2. The maximum atomic E-state index is 12.5. The topological polar surface area (TPSA) is 89.8 Å². The number of carbonyl (C=O) groups excluding carboxylic acids is 2. The molecule has 0 fully saturated rings. The van der Waals surface area contributed by atoms with Crippen LogP contribution in [0.4, 0.5) is 0 Å². The first-order chi connectivity index (χ1) is 11.0. The fourth-order valence-corrected chi connectivity index (χ4v) is 2.93. The Morgan fingerprint density at radius 3 is 2.57 bits per heavy atom. The molecule has 0 aliphatic carbocycles. The quantitative estimate of drug-likeness (QED) is 0.354. The van der Waals surface area contributed by atoms with Crippen LogP contribution in [-0.2, 0) is 20.9 Å². The van der Waals surface area contributed by atoms with Gasteiger partial charge < -0.3 is 4.74 Å². The van der Waals surface area contributed by atoms with Crippen LogP contribution in [-0.4, -0.2) is 35.1 Å². The minimum Gasteiger partial charge on any atom is -0.466 e. The third-order valence-corrected chi connectivity index (χ3v) is 4.00. The Morgan fingerprint density at radius 1 is 1.39 bits per heavy atom. The molecule has 1 amide bonds. The lowest BCUT2D eigenvalue weighted by Gasteiger charge is -2.17. The molecule has 1 aromatic carbocycles. The minimum atomic E-state index is -0.810. The molecule has 2 rings (SSSR count). The van der Waals surface area contributed by atoms with E-state index in [4.69, 9.17) is 0 Å². The SMILES string of the molecule is COC(=O)/C=C1/C(=O)N(Cc2ccccc2)C(SC)=C1[N+](=O)[O-]. The molecule has 0 unspecified atom stereocenters. The molecule has 1 aliphatic rings. The van der Waals surface area contributed by atoms with E-state index in [9.17, 15) is 19.7 Å². The van der Waals surface area contributed by atoms with Crippen molar-refractivity contribution in [3.8, 4) is 0 Å². The summed E-state index contributed by atoms with van der Waals surface area (Å²) in [6.45, 7) is 0.186. The van der Waals surface area contributed by atoms with Crippen LogP contribution in [0.1, 0.15) is 5.56 Å². The van der Waals surface area contributed by atoms with Crippen molar-refractivity contribution in [1.29, 1.82) is 0 Å². The lowest BCUT2D eigenvalue weighted by molar-refractivity contribution is -0.420. The zero-order chi connectivity index (χ0) is 17.0. The molecule has 0 saturated carbocycles. The van der Waals surface area contributed by atoms with E-state index in [-0.39, 0.29) is 22.8 Å². The second-order valence-corrected chi connectivity index (χ2v) is 5.37. The fraction of sp³-hybridized carbons (Fsp3) is 0.200. The Balaban J connectivity index is 2.47. The monoisotopic (exact) mass is 334 g/mol. The van der Waals surface area contributed by atoms with Gasteiger partial charge in [-0.2, -0.15) is 0 Å². The van der Waals surface area contributed by atoms with Crippen molar-refractivity contribution in [2.75, 3.05) is 13.4 Å². The van der Waals surface area contributed by atoms with Crippen LogP contribution in [0.25, 0.3) is 0 Å². The van der Waals surface area contributed by atoms with Crippen LogP contribution < -0.4 is 0 Å². The van der Waals surface area contributed by atoms with Crippen molar-refractivity contribution in [1.82, 2.24) is 4.90 Å². The third kappa shape index (κ3) is 3.42. The van der Waals surface area contributed by atoms with Crippen molar-refractivity contribution >= 4 is 23.6 Å². The highest BCUT2D eigenvalue weighted by molar-refractivity contribution is 8.02. The summed E-state index contributed by atoms with van der Waals surface area (Å²) < 4.78 is 4.47. The van der Waals surface area contributed by atoms with Gasteiger partial charge in [-0.3, -0.25) is 19.8 Å². The van der Waals surface area contributed by atoms with Gasteiger partial charge in [0.1, 0.15) is 5.57 Å². The molecular formula is C15H14N2O5S. The second kappa shape index (κ2) is 7.10. The number of ether oxygens (including phenoxy) is 1. The van der Waals surface area contributed by atoms with Crippen molar-refractivity contribution in [3.05, 3.63) is 68.4 Å². The van der Waals surface area contributed by atoms with Crippen LogP contribution >= 0.6 is 11.8 Å². The average Bonchev–Trinajstić information content (AvgIpc) is 2.81. The van der Waals surface area contributed by atoms with Crippen LogP contribution in [0.3, 0.4) is 0 Å². The van der Waals surface area contributed by atoms with Gasteiger partial charge in [-0.15, -0.1) is 11.8 Å². The lowest BCUT2D eigenvalue weighted by Crippen LogP contribution is -2.24. The van der Waals surface area contributed by atoms with E-state index in [1.807, 2.05) is 30.3 Å². The Bertz CT molecular complexity index is 712. The average molecular weight is 334 g/mol. The van der Waals surface area contributed by atoms with Crippen LogP contribution in [0.5, 0.6) is 0 Å². The predicted molar refractivity (Wildman–Crippen MR) is 84.6 cm³/mol. The number of esters is 1. The molecular weight excluding hydrogens is 320 g/mol. The number of nitro groups is 1. The molecule has 0 atom stereocenters. The molecule has 1 heterocycles. The van der Waals surface area contributed by atoms with E-state index in [2.05, 4.69) is 4.74 Å². The van der Waals surface area contributed by atoms with Crippen LogP contribution in [0.15, 0.2) is 52.7 Å². The normalized spacial score (nSPS) is 16.2. The maximum absolute atomic E-state index is 12.5. The molecule has 0 radical (unpaired) electrons. The van der Waals surface area contributed by atoms with Crippen molar-refractivity contribution < 1.29 is 19.2 Å². The van der Waals surface area contributed by atoms with E-state index in [1.54, 1.807) is 6.26 Å². The van der Waals surface area contributed by atoms with E-state index in [0.29, 0.717) is 0 Å². The van der Waals surface area contributed by atoms with Gasteiger partial charge in [0.2, 0.25) is 0 Å². The smallest absolute Gasteiger partial charge is 0.331 e. The van der Waals surface area contributed by atoms with Gasteiger partial charge >= 0.3 is 11.7 Å². The summed E-state index contributed by atoms with van der Waals surface area (Å²) in [5.41, 5.74) is 0.195. The summed E-state index contributed by atoms with van der Waals surface area (Å²) in [6, 6.07) is 9.11. The van der Waals surface area contributed by atoms with E-state index in [0.717, 1.165) is 30.5 Å². The minimum absolute atomic E-state index is 0.186. The molecule has 0 N–H and O–H groups in total. The summed E-state index contributed by atoms with van der Waals surface area (Å²) in [6.07, 6.45) is 2.51. The first-order valence-electron chi connectivity index (χ1n) is 6.58. The summed E-state index contributed by atoms with van der Waals surface area (Å²) in [5, 5.41) is 11.6. The number of rotatable bonds is 5. The summed E-state index contributed by atoms with van der Waals surface area (Å²) in [4.78, 5) is 36.0. The summed E-state index contributed by atoms with van der Waals surface area (Å²) in [5.74, 6) is -1.40. The highest BCUT2D eigenvalue weighted by Crippen LogP contribution is 2.36. The highest BCUT2D eigenvalue weighted by Gasteiger charge is 2.43. The standard InChI is InChI=1S/C15H14N2O5S/c1-22-12(18)8-11-13(17(20)21)15(23-2)16(14(11)19)9-10-6-4-3-5-7-10/h3-8H,9H2,1-2H3/b11-8+. The first-order valence-corrected chi connectivity index (χ1v) is 7.80. The molecule has 0 bridgehead atoms. The maximum Gasteiger partial charge on any atom is 0.331 e. The Labute approximate surface area is 136 Å². The number of carbonyl (C=O) groups is 2. The molecule has 0 spiro atoms. The van der Waals surface area contributed by atoms with Gasteiger partial charge in [-0.1, -0.05) is 30.3 Å². The molecule has 0 aromatic heterocycles. The molecule has 1 aliphatic heterocycles. The van der Waals surface area contributed by atoms with Crippen LogP contribution in [0.2, 0.25) is 0 Å². The predicted octanol–water partition coefficient (Wildman–Crippen LogP) is 1.94. The fourth-order valence-electron chi connectivity index (χ4n) is 2.18. The molecule has 23 heavy (non-hydrogen) atoms. The van der Waals surface area contributed by atoms with Crippen molar-refractivity contribution in [3.63, 3.8) is 0 Å². The zero-order valence-corrected chi connectivity index (χ0v) is 13.3. The van der Waals surface area contributed by atoms with Crippen molar-refractivity contribution in [2.24, 2.45) is 0 Å². The van der Waals surface area contributed by atoms with Crippen LogP contribution in [0, 0.1) is 10.1 Å². The number of nitrogens with zero attached hydrogens (tertiary/aromatic N) is 2. The van der Waals surface area contributed by atoms with Gasteiger partial charge in [-0.25, -0.2) is 4.79 Å². The number of hydrogen-bond acceptors (Lipinski definition) is 6.